The SMILES string of the molecule is Cc1ccc(C2CC(C(F)(F)F)n3nc(C(=O)Nc4ccc(C)o4)cc3N2)cc1. The molecule has 1 aromatic carbocycles. The van der Waals surface area contributed by atoms with Crippen molar-refractivity contribution in [2.75, 3.05) is 10.6 Å². The number of furan rings is 1. The summed E-state index contributed by atoms with van der Waals surface area (Å²) >= 11 is 0. The average molecular weight is 404 g/mol. The highest BCUT2D eigenvalue weighted by atomic mass is 19.4. The van der Waals surface area contributed by atoms with E-state index in [2.05, 4.69) is 15.7 Å². The summed E-state index contributed by atoms with van der Waals surface area (Å²) in [6.07, 6.45) is -4.72. The average Bonchev–Trinajstić information content (AvgIpc) is 3.26. The summed E-state index contributed by atoms with van der Waals surface area (Å²) in [6.45, 7) is 3.63. The number of carbonyl (C=O) groups excluding carboxylic acids is 1. The molecule has 4 rings (SSSR count). The molecule has 2 aromatic heterocycles. The Bertz CT molecular complexity index is 1040. The van der Waals surface area contributed by atoms with Crippen LogP contribution in [0, 0.1) is 13.8 Å². The molecule has 0 saturated heterocycles. The first-order valence-electron chi connectivity index (χ1n) is 9.08. The van der Waals surface area contributed by atoms with E-state index in [1.54, 1.807) is 31.2 Å². The van der Waals surface area contributed by atoms with Gasteiger partial charge in [-0.3, -0.25) is 10.1 Å². The summed E-state index contributed by atoms with van der Waals surface area (Å²) < 4.78 is 47.3. The molecule has 0 aliphatic carbocycles. The van der Waals surface area contributed by atoms with Gasteiger partial charge >= 0.3 is 6.18 Å². The van der Waals surface area contributed by atoms with E-state index in [-0.39, 0.29) is 23.8 Å². The highest BCUT2D eigenvalue weighted by Gasteiger charge is 2.46. The molecule has 2 atom stereocenters. The second-order valence-electron chi connectivity index (χ2n) is 7.12. The van der Waals surface area contributed by atoms with E-state index in [0.717, 1.165) is 15.8 Å². The highest BCUT2D eigenvalue weighted by Crippen LogP contribution is 2.43. The van der Waals surface area contributed by atoms with Gasteiger partial charge in [0.2, 0.25) is 0 Å². The molecule has 29 heavy (non-hydrogen) atoms. The second kappa shape index (κ2) is 6.98. The van der Waals surface area contributed by atoms with Gasteiger partial charge in [0.05, 0.1) is 6.04 Å². The number of rotatable bonds is 3. The van der Waals surface area contributed by atoms with Gasteiger partial charge in [-0.1, -0.05) is 29.8 Å². The Kier molecular flexibility index (Phi) is 4.60. The van der Waals surface area contributed by atoms with Gasteiger partial charge in [-0.25, -0.2) is 4.68 Å². The molecule has 3 heterocycles. The van der Waals surface area contributed by atoms with Crippen LogP contribution >= 0.6 is 0 Å². The van der Waals surface area contributed by atoms with Crippen molar-refractivity contribution < 1.29 is 22.4 Å². The lowest BCUT2D eigenvalue weighted by molar-refractivity contribution is -0.173. The van der Waals surface area contributed by atoms with E-state index in [1.807, 2.05) is 19.1 Å². The van der Waals surface area contributed by atoms with Gasteiger partial charge in [0, 0.05) is 18.6 Å². The van der Waals surface area contributed by atoms with Gasteiger partial charge in [0.15, 0.2) is 17.6 Å². The Morgan fingerprint density at radius 2 is 1.93 bits per heavy atom. The lowest BCUT2D eigenvalue weighted by Crippen LogP contribution is -2.35. The molecule has 1 aliphatic heterocycles. The summed E-state index contributed by atoms with van der Waals surface area (Å²) in [5, 5.41) is 9.50. The maximum atomic E-state index is 13.7. The van der Waals surface area contributed by atoms with Crippen LogP contribution in [0.15, 0.2) is 46.9 Å². The molecule has 152 valence electrons. The second-order valence-corrected chi connectivity index (χ2v) is 7.12. The molecular weight excluding hydrogens is 385 g/mol. The van der Waals surface area contributed by atoms with E-state index < -0.39 is 24.2 Å². The molecule has 2 N–H and O–H groups in total. The molecule has 1 aliphatic rings. The monoisotopic (exact) mass is 404 g/mol. The van der Waals surface area contributed by atoms with Crippen LogP contribution in [0.4, 0.5) is 24.9 Å². The van der Waals surface area contributed by atoms with Crippen molar-refractivity contribution in [2.24, 2.45) is 0 Å². The van der Waals surface area contributed by atoms with Gasteiger partial charge in [-0.15, -0.1) is 0 Å². The van der Waals surface area contributed by atoms with E-state index >= 15 is 0 Å². The fourth-order valence-electron chi connectivity index (χ4n) is 3.38. The van der Waals surface area contributed by atoms with Crippen LogP contribution in [0.1, 0.15) is 45.9 Å². The van der Waals surface area contributed by atoms with Crippen LogP contribution < -0.4 is 10.6 Å². The maximum absolute atomic E-state index is 13.7. The van der Waals surface area contributed by atoms with Crippen LogP contribution in [-0.4, -0.2) is 21.9 Å². The zero-order valence-electron chi connectivity index (χ0n) is 15.7. The van der Waals surface area contributed by atoms with Crippen molar-refractivity contribution in [1.82, 2.24) is 9.78 Å². The number of hydrogen-bond donors (Lipinski definition) is 2. The molecule has 0 saturated carbocycles. The molecular formula is C20H19F3N4O2. The minimum atomic E-state index is -4.50. The number of aryl methyl sites for hydroxylation is 2. The first kappa shape index (κ1) is 19.1. The van der Waals surface area contributed by atoms with Gasteiger partial charge in [-0.2, -0.15) is 18.3 Å². The first-order chi connectivity index (χ1) is 13.7. The molecule has 0 radical (unpaired) electrons. The number of fused-ring (bicyclic) bond motifs is 1. The quantitative estimate of drug-likeness (QED) is 0.644. The van der Waals surface area contributed by atoms with Crippen LogP contribution in [0.25, 0.3) is 0 Å². The third-order valence-corrected chi connectivity index (χ3v) is 4.88. The number of alkyl halides is 3. The number of aromatic nitrogens is 2. The predicted molar refractivity (Wildman–Crippen MR) is 101 cm³/mol. The Morgan fingerprint density at radius 3 is 2.55 bits per heavy atom. The molecule has 6 nitrogen and oxygen atoms in total. The number of hydrogen-bond acceptors (Lipinski definition) is 4. The van der Waals surface area contributed by atoms with Crippen LogP contribution in [0.3, 0.4) is 0 Å². The Labute approximate surface area is 164 Å². The third-order valence-electron chi connectivity index (χ3n) is 4.88. The maximum Gasteiger partial charge on any atom is 0.410 e. The van der Waals surface area contributed by atoms with Crippen molar-refractivity contribution in [3.05, 3.63) is 65.0 Å². The zero-order valence-corrected chi connectivity index (χ0v) is 15.7. The van der Waals surface area contributed by atoms with Crippen LogP contribution in [0.2, 0.25) is 0 Å². The van der Waals surface area contributed by atoms with Crippen molar-refractivity contribution in [1.29, 1.82) is 0 Å². The highest BCUT2D eigenvalue weighted by molar-refractivity contribution is 6.02. The van der Waals surface area contributed by atoms with E-state index in [9.17, 15) is 18.0 Å². The van der Waals surface area contributed by atoms with Gasteiger partial charge < -0.3 is 9.73 Å². The number of benzene rings is 1. The lowest BCUT2D eigenvalue weighted by atomic mass is 9.96. The first-order valence-corrected chi connectivity index (χ1v) is 9.08. The van der Waals surface area contributed by atoms with Gasteiger partial charge in [0.25, 0.3) is 5.91 Å². The summed E-state index contributed by atoms with van der Waals surface area (Å²) in [5.74, 6) is 0.307. The summed E-state index contributed by atoms with van der Waals surface area (Å²) in [6, 6.07) is 9.50. The lowest BCUT2D eigenvalue weighted by Gasteiger charge is -2.33. The zero-order chi connectivity index (χ0) is 20.8. The summed E-state index contributed by atoms with van der Waals surface area (Å²) in [5.41, 5.74) is 1.64. The van der Waals surface area contributed by atoms with E-state index in [0.29, 0.717) is 5.76 Å². The van der Waals surface area contributed by atoms with Crippen molar-refractivity contribution in [3.63, 3.8) is 0 Å². The minimum Gasteiger partial charge on any atom is -0.446 e. The van der Waals surface area contributed by atoms with Crippen LogP contribution in [-0.2, 0) is 0 Å². The van der Waals surface area contributed by atoms with Crippen molar-refractivity contribution in [2.45, 2.75) is 38.5 Å². The summed E-state index contributed by atoms with van der Waals surface area (Å²) in [7, 11) is 0. The summed E-state index contributed by atoms with van der Waals surface area (Å²) in [4.78, 5) is 12.4. The predicted octanol–water partition coefficient (Wildman–Crippen LogP) is 5.01. The fraction of sp³-hybridized carbons (Fsp3) is 0.300. The number of amides is 1. The number of carbonyl (C=O) groups is 1. The number of anilines is 2. The van der Waals surface area contributed by atoms with Crippen molar-refractivity contribution >= 4 is 17.6 Å². The molecule has 0 bridgehead atoms. The van der Waals surface area contributed by atoms with E-state index in [1.165, 1.54) is 6.07 Å². The number of nitrogens with one attached hydrogen (secondary N) is 2. The molecule has 0 spiro atoms. The van der Waals surface area contributed by atoms with E-state index in [4.69, 9.17) is 4.42 Å². The van der Waals surface area contributed by atoms with Crippen molar-refractivity contribution in [3.8, 4) is 0 Å². The molecule has 2 unspecified atom stereocenters. The molecule has 0 fully saturated rings. The molecule has 9 heteroatoms. The number of halogens is 3. The third kappa shape index (κ3) is 3.85. The smallest absolute Gasteiger partial charge is 0.410 e. The topological polar surface area (TPSA) is 72.1 Å². The van der Waals surface area contributed by atoms with Gasteiger partial charge in [0.1, 0.15) is 11.6 Å². The van der Waals surface area contributed by atoms with Crippen LogP contribution in [0.5, 0.6) is 0 Å². The Morgan fingerprint density at radius 1 is 1.21 bits per heavy atom. The largest absolute Gasteiger partial charge is 0.446 e. The molecule has 3 aromatic rings. The fourth-order valence-corrected chi connectivity index (χ4v) is 3.38. The van der Waals surface area contributed by atoms with Gasteiger partial charge in [-0.05, 0) is 25.5 Å². The molecule has 1 amide bonds. The Hall–Kier alpha value is -3.23. The minimum absolute atomic E-state index is 0.125. The standard InChI is InChI=1S/C20H19F3N4O2/c1-11-3-6-13(7-4-11)14-9-16(20(21,22)23)27-17(24-14)10-15(26-27)19(28)25-18-8-5-12(2)29-18/h3-8,10,14,16,24H,9H2,1-2H3,(H,25,28). The Balaban J connectivity index is 1.64. The normalized spacial score (nSPS) is 18.8. The number of nitrogens with zero attached hydrogens (tertiary/aromatic N) is 2.